The van der Waals surface area contributed by atoms with Gasteiger partial charge in [0.1, 0.15) is 0 Å². The summed E-state index contributed by atoms with van der Waals surface area (Å²) >= 11 is 0. The van der Waals surface area contributed by atoms with Crippen LogP contribution in [-0.2, 0) is 0 Å². The van der Waals surface area contributed by atoms with E-state index in [4.69, 9.17) is 5.11 Å². The molecule has 0 amide bonds. The molecule has 0 radical (unpaired) electrons. The summed E-state index contributed by atoms with van der Waals surface area (Å²) in [6, 6.07) is 4.50. The van der Waals surface area contributed by atoms with E-state index in [0.717, 1.165) is 0 Å². The maximum absolute atomic E-state index is 12.7. The van der Waals surface area contributed by atoms with Crippen LogP contribution in [0, 0.1) is 5.82 Å². The van der Waals surface area contributed by atoms with Crippen molar-refractivity contribution in [1.82, 2.24) is 0 Å². The number of rotatable bonds is 2. The number of phenolic OH excluding ortho intramolecular Hbond substituents is 1. The van der Waals surface area contributed by atoms with Crippen molar-refractivity contribution in [3.05, 3.63) is 24.0 Å². The normalized spacial score (nSPS) is 10.3. The highest BCUT2D eigenvalue weighted by Gasteiger charge is 2.01. The minimum Gasteiger partial charge on any atom is -0.505 e. The molecule has 0 atom stereocenters. The van der Waals surface area contributed by atoms with Crippen LogP contribution in [0.3, 0.4) is 0 Å². The van der Waals surface area contributed by atoms with E-state index in [2.05, 4.69) is 5.32 Å². The van der Waals surface area contributed by atoms with E-state index in [0.29, 0.717) is 5.69 Å². The van der Waals surface area contributed by atoms with Crippen LogP contribution in [0.4, 0.5) is 10.1 Å². The molecule has 0 unspecified atom stereocenters. The summed E-state index contributed by atoms with van der Waals surface area (Å²) in [7, 11) is 0. The second-order valence-electron chi connectivity index (χ2n) is 2.97. The van der Waals surface area contributed by atoms with Crippen LogP contribution in [0.2, 0.25) is 0 Å². The second kappa shape index (κ2) is 3.43. The van der Waals surface area contributed by atoms with Gasteiger partial charge >= 0.3 is 0 Å². The van der Waals surface area contributed by atoms with Crippen LogP contribution >= 0.6 is 0 Å². The van der Waals surface area contributed by atoms with Gasteiger partial charge in [-0.25, -0.2) is 4.39 Å². The molecular formula is C9H12FNO. The van der Waals surface area contributed by atoms with Crippen LogP contribution in [0.25, 0.3) is 0 Å². The highest BCUT2D eigenvalue weighted by atomic mass is 19.1. The van der Waals surface area contributed by atoms with E-state index in [-0.39, 0.29) is 11.8 Å². The number of halogens is 1. The first-order valence-corrected chi connectivity index (χ1v) is 3.84. The molecule has 0 saturated carbocycles. The minimum atomic E-state index is -0.597. The molecule has 2 N–H and O–H groups in total. The molecule has 1 aromatic rings. The van der Waals surface area contributed by atoms with Crippen molar-refractivity contribution in [2.24, 2.45) is 0 Å². The van der Waals surface area contributed by atoms with Gasteiger partial charge in [-0.05, 0) is 26.0 Å². The van der Waals surface area contributed by atoms with Gasteiger partial charge in [-0.1, -0.05) is 0 Å². The van der Waals surface area contributed by atoms with Crippen LogP contribution in [0.1, 0.15) is 13.8 Å². The lowest BCUT2D eigenvalue weighted by molar-refractivity contribution is 0.432. The number of nitrogens with one attached hydrogen (secondary N) is 1. The highest BCUT2D eigenvalue weighted by molar-refractivity contribution is 5.47. The number of hydrogen-bond acceptors (Lipinski definition) is 2. The summed E-state index contributed by atoms with van der Waals surface area (Å²) in [5.41, 5.74) is 0.681. The molecule has 1 aromatic carbocycles. The molecule has 66 valence electrons. The fourth-order valence-corrected chi connectivity index (χ4v) is 0.930. The fraction of sp³-hybridized carbons (Fsp3) is 0.333. The Kier molecular flexibility index (Phi) is 2.53. The molecule has 0 aliphatic rings. The zero-order chi connectivity index (χ0) is 9.14. The Morgan fingerprint density at radius 2 is 2.08 bits per heavy atom. The first-order valence-electron chi connectivity index (χ1n) is 3.84. The summed E-state index contributed by atoms with van der Waals surface area (Å²) in [5, 5.41) is 11.9. The van der Waals surface area contributed by atoms with Gasteiger partial charge < -0.3 is 10.4 Å². The number of benzene rings is 1. The van der Waals surface area contributed by atoms with E-state index >= 15 is 0 Å². The topological polar surface area (TPSA) is 32.3 Å². The van der Waals surface area contributed by atoms with Gasteiger partial charge in [0.2, 0.25) is 0 Å². The Morgan fingerprint density at radius 1 is 1.42 bits per heavy atom. The van der Waals surface area contributed by atoms with Gasteiger partial charge in [-0.3, -0.25) is 0 Å². The lowest BCUT2D eigenvalue weighted by Gasteiger charge is -2.09. The Hall–Kier alpha value is -1.25. The maximum atomic E-state index is 12.7. The molecule has 1 rings (SSSR count). The van der Waals surface area contributed by atoms with Crippen molar-refractivity contribution in [2.75, 3.05) is 5.32 Å². The molecule has 0 aliphatic heterocycles. The summed E-state index contributed by atoms with van der Waals surface area (Å²) in [6.07, 6.45) is 0. The van der Waals surface area contributed by atoms with Crippen molar-refractivity contribution in [3.8, 4) is 5.75 Å². The van der Waals surface area contributed by atoms with Crippen molar-refractivity contribution in [1.29, 1.82) is 0 Å². The zero-order valence-corrected chi connectivity index (χ0v) is 7.13. The summed E-state index contributed by atoms with van der Waals surface area (Å²) in [5.74, 6) is -0.912. The first kappa shape index (κ1) is 8.84. The average Bonchev–Trinajstić information content (AvgIpc) is 1.96. The number of aromatic hydroxyl groups is 1. The van der Waals surface area contributed by atoms with E-state index in [9.17, 15) is 4.39 Å². The SMILES string of the molecule is CC(C)Nc1ccc(O)c(F)c1. The van der Waals surface area contributed by atoms with Gasteiger partial charge in [-0.15, -0.1) is 0 Å². The Balaban J connectivity index is 2.82. The summed E-state index contributed by atoms with van der Waals surface area (Å²) < 4.78 is 12.7. The third kappa shape index (κ3) is 2.12. The van der Waals surface area contributed by atoms with Gasteiger partial charge in [0, 0.05) is 17.8 Å². The van der Waals surface area contributed by atoms with E-state index < -0.39 is 5.82 Å². The molecule has 0 aliphatic carbocycles. The molecule has 3 heteroatoms. The minimum absolute atomic E-state index is 0.258. The highest BCUT2D eigenvalue weighted by Crippen LogP contribution is 2.19. The number of phenols is 1. The van der Waals surface area contributed by atoms with Crippen molar-refractivity contribution >= 4 is 5.69 Å². The Labute approximate surface area is 71.0 Å². The fourth-order valence-electron chi connectivity index (χ4n) is 0.930. The molecule has 12 heavy (non-hydrogen) atoms. The Bertz CT molecular complexity index is 273. The smallest absolute Gasteiger partial charge is 0.166 e. The molecule has 0 fully saturated rings. The number of anilines is 1. The summed E-state index contributed by atoms with van der Waals surface area (Å²) in [6.45, 7) is 3.93. The predicted molar refractivity (Wildman–Crippen MR) is 46.8 cm³/mol. The van der Waals surface area contributed by atoms with Crippen LogP contribution in [0.15, 0.2) is 18.2 Å². The quantitative estimate of drug-likeness (QED) is 0.666. The van der Waals surface area contributed by atoms with Crippen molar-refractivity contribution in [2.45, 2.75) is 19.9 Å². The zero-order valence-electron chi connectivity index (χ0n) is 7.13. The molecule has 0 heterocycles. The van der Waals surface area contributed by atoms with Crippen molar-refractivity contribution in [3.63, 3.8) is 0 Å². The maximum Gasteiger partial charge on any atom is 0.166 e. The monoisotopic (exact) mass is 169 g/mol. The van der Waals surface area contributed by atoms with Crippen LogP contribution < -0.4 is 5.32 Å². The van der Waals surface area contributed by atoms with Gasteiger partial charge in [0.15, 0.2) is 11.6 Å². The average molecular weight is 169 g/mol. The predicted octanol–water partition coefficient (Wildman–Crippen LogP) is 2.35. The van der Waals surface area contributed by atoms with Gasteiger partial charge in [0.25, 0.3) is 0 Å². The largest absolute Gasteiger partial charge is 0.505 e. The first-order chi connectivity index (χ1) is 5.59. The molecule has 0 bridgehead atoms. The van der Waals surface area contributed by atoms with E-state index in [1.807, 2.05) is 13.8 Å². The molecular weight excluding hydrogens is 157 g/mol. The number of hydrogen-bond donors (Lipinski definition) is 2. The van der Waals surface area contributed by atoms with Gasteiger partial charge in [0.05, 0.1) is 0 Å². The summed E-state index contributed by atoms with van der Waals surface area (Å²) in [4.78, 5) is 0. The van der Waals surface area contributed by atoms with E-state index in [1.165, 1.54) is 12.1 Å². The molecule has 0 aromatic heterocycles. The molecule has 2 nitrogen and oxygen atoms in total. The van der Waals surface area contributed by atoms with E-state index in [1.54, 1.807) is 6.07 Å². The third-order valence-electron chi connectivity index (χ3n) is 1.40. The lowest BCUT2D eigenvalue weighted by Crippen LogP contribution is -2.09. The molecule has 0 saturated heterocycles. The molecule has 0 spiro atoms. The van der Waals surface area contributed by atoms with Crippen LogP contribution in [0.5, 0.6) is 5.75 Å². The standard InChI is InChI=1S/C9H12FNO/c1-6(2)11-7-3-4-9(12)8(10)5-7/h3-6,11-12H,1-2H3. The lowest BCUT2D eigenvalue weighted by atomic mass is 10.2. The van der Waals surface area contributed by atoms with Crippen LogP contribution in [-0.4, -0.2) is 11.1 Å². The Morgan fingerprint density at radius 3 is 2.58 bits per heavy atom. The third-order valence-corrected chi connectivity index (χ3v) is 1.40. The van der Waals surface area contributed by atoms with Crippen molar-refractivity contribution < 1.29 is 9.50 Å². The second-order valence-corrected chi connectivity index (χ2v) is 2.97. The van der Waals surface area contributed by atoms with Gasteiger partial charge in [-0.2, -0.15) is 0 Å².